The van der Waals surface area contributed by atoms with Gasteiger partial charge in [-0.15, -0.1) is 11.3 Å². The van der Waals surface area contributed by atoms with E-state index in [1.807, 2.05) is 0 Å². The number of hydrogen-bond acceptors (Lipinski definition) is 6. The minimum atomic E-state index is -4.21. The van der Waals surface area contributed by atoms with Gasteiger partial charge in [-0.05, 0) is 23.8 Å². The van der Waals surface area contributed by atoms with E-state index in [0.717, 1.165) is 12.1 Å². The minimum absolute atomic E-state index is 0.00764. The van der Waals surface area contributed by atoms with Gasteiger partial charge in [0.05, 0.1) is 22.8 Å². The fourth-order valence-corrected chi connectivity index (χ4v) is 4.54. The van der Waals surface area contributed by atoms with Crippen LogP contribution in [0, 0.1) is 11.6 Å². The van der Waals surface area contributed by atoms with E-state index in [9.17, 15) is 17.2 Å². The molecule has 0 bridgehead atoms. The van der Waals surface area contributed by atoms with Crippen molar-refractivity contribution in [1.82, 2.24) is 4.98 Å². The molecule has 6 nitrogen and oxygen atoms in total. The van der Waals surface area contributed by atoms with Crippen LogP contribution in [0.2, 0.25) is 5.02 Å². The molecule has 1 heterocycles. The SMILES string of the molecule is COCc1cccc(F)c1CNc1cc(F)c(S(=O)(=O)Nc2cscn2)cc1Cl. The van der Waals surface area contributed by atoms with Crippen LogP contribution in [0.3, 0.4) is 0 Å². The molecule has 0 fully saturated rings. The van der Waals surface area contributed by atoms with Crippen molar-refractivity contribution >= 4 is 44.5 Å². The maximum absolute atomic E-state index is 14.5. The summed E-state index contributed by atoms with van der Waals surface area (Å²) in [4.78, 5) is 3.19. The molecule has 11 heteroatoms. The zero-order valence-electron chi connectivity index (χ0n) is 15.1. The summed E-state index contributed by atoms with van der Waals surface area (Å²) in [5.74, 6) is -1.38. The van der Waals surface area contributed by atoms with Crippen LogP contribution in [0.4, 0.5) is 20.3 Å². The predicted molar refractivity (Wildman–Crippen MR) is 109 cm³/mol. The first kappa shape index (κ1) is 21.4. The Morgan fingerprint density at radius 2 is 2.03 bits per heavy atom. The van der Waals surface area contributed by atoms with E-state index in [0.29, 0.717) is 11.1 Å². The van der Waals surface area contributed by atoms with Gasteiger partial charge in [-0.2, -0.15) is 0 Å². The van der Waals surface area contributed by atoms with E-state index in [2.05, 4.69) is 15.0 Å². The summed E-state index contributed by atoms with van der Waals surface area (Å²) in [5, 5.41) is 4.28. The van der Waals surface area contributed by atoms with E-state index in [1.54, 1.807) is 12.1 Å². The van der Waals surface area contributed by atoms with Crippen LogP contribution in [0.15, 0.2) is 46.1 Å². The van der Waals surface area contributed by atoms with Gasteiger partial charge in [-0.25, -0.2) is 22.2 Å². The Morgan fingerprint density at radius 1 is 1.24 bits per heavy atom. The number of anilines is 2. The summed E-state index contributed by atoms with van der Waals surface area (Å²) in [7, 11) is -2.72. The third-order valence-corrected chi connectivity index (χ3v) is 6.22. The zero-order valence-corrected chi connectivity index (χ0v) is 17.5. The highest BCUT2D eigenvalue weighted by molar-refractivity contribution is 7.92. The van der Waals surface area contributed by atoms with E-state index in [1.165, 1.54) is 35.4 Å². The Kier molecular flexibility index (Phi) is 6.68. The molecule has 0 radical (unpaired) electrons. The van der Waals surface area contributed by atoms with Crippen LogP contribution < -0.4 is 10.0 Å². The summed E-state index contributed by atoms with van der Waals surface area (Å²) >= 11 is 7.33. The van der Waals surface area contributed by atoms with Crippen LogP contribution in [-0.4, -0.2) is 20.5 Å². The van der Waals surface area contributed by atoms with Gasteiger partial charge >= 0.3 is 0 Å². The third kappa shape index (κ3) is 5.02. The molecule has 0 aliphatic rings. The van der Waals surface area contributed by atoms with Gasteiger partial charge in [0.25, 0.3) is 10.0 Å². The maximum atomic E-state index is 14.5. The number of methoxy groups -OCH3 is 1. The van der Waals surface area contributed by atoms with Gasteiger partial charge in [0, 0.05) is 24.6 Å². The second kappa shape index (κ2) is 9.04. The van der Waals surface area contributed by atoms with Crippen LogP contribution in [0.5, 0.6) is 0 Å². The van der Waals surface area contributed by atoms with E-state index in [4.69, 9.17) is 16.3 Å². The molecule has 0 aliphatic carbocycles. The molecule has 3 rings (SSSR count). The average Bonchev–Trinajstić information content (AvgIpc) is 3.16. The van der Waals surface area contributed by atoms with Crippen LogP contribution in [0.25, 0.3) is 0 Å². The van der Waals surface area contributed by atoms with E-state index < -0.39 is 26.6 Å². The number of ether oxygens (including phenoxy) is 1. The van der Waals surface area contributed by atoms with Gasteiger partial charge in [-0.3, -0.25) is 4.72 Å². The molecule has 0 atom stereocenters. The number of thiazole rings is 1. The molecule has 1 aromatic heterocycles. The standard InChI is InChI=1S/C18H16ClF2N3O3S2/c1-27-8-11-3-2-4-14(20)12(11)7-22-16-6-15(21)17(5-13(16)19)29(25,26)24-18-9-28-10-23-18/h2-6,9-10,22,24H,7-8H2,1H3. The maximum Gasteiger partial charge on any atom is 0.266 e. The lowest BCUT2D eigenvalue weighted by Gasteiger charge is -2.14. The van der Waals surface area contributed by atoms with Crippen LogP contribution in [-0.2, 0) is 27.9 Å². The smallest absolute Gasteiger partial charge is 0.266 e. The summed E-state index contributed by atoms with van der Waals surface area (Å²) in [5.41, 5.74) is 2.54. The second-order valence-corrected chi connectivity index (χ2v) is 8.68. The van der Waals surface area contributed by atoms with Crippen molar-refractivity contribution in [3.8, 4) is 0 Å². The number of nitrogens with zero attached hydrogens (tertiary/aromatic N) is 1. The van der Waals surface area contributed by atoms with Crippen molar-refractivity contribution < 1.29 is 21.9 Å². The van der Waals surface area contributed by atoms with Crippen molar-refractivity contribution in [3.63, 3.8) is 0 Å². The first-order valence-corrected chi connectivity index (χ1v) is 11.0. The predicted octanol–water partition coefficient (Wildman–Crippen LogP) is 4.63. The summed E-state index contributed by atoms with van der Waals surface area (Å²) in [6, 6.07) is 6.53. The Balaban J connectivity index is 1.84. The number of hydrogen-bond donors (Lipinski definition) is 2. The van der Waals surface area contributed by atoms with Crippen molar-refractivity contribution in [2.24, 2.45) is 0 Å². The molecule has 29 heavy (non-hydrogen) atoms. The van der Waals surface area contributed by atoms with Crippen molar-refractivity contribution in [1.29, 1.82) is 0 Å². The quantitative estimate of drug-likeness (QED) is 0.513. The molecule has 0 amide bonds. The molecule has 154 valence electrons. The number of aromatic nitrogens is 1. The fourth-order valence-electron chi connectivity index (χ4n) is 2.60. The fraction of sp³-hybridized carbons (Fsp3) is 0.167. The number of sulfonamides is 1. The summed E-state index contributed by atoms with van der Waals surface area (Å²) in [6.45, 7) is 0.212. The topological polar surface area (TPSA) is 80.3 Å². The Labute approximate surface area is 175 Å². The normalized spacial score (nSPS) is 11.4. The minimum Gasteiger partial charge on any atom is -0.380 e. The van der Waals surface area contributed by atoms with Crippen LogP contribution >= 0.6 is 22.9 Å². The average molecular weight is 460 g/mol. The molecule has 3 aromatic rings. The Morgan fingerprint density at radius 3 is 2.72 bits per heavy atom. The lowest BCUT2D eigenvalue weighted by Crippen LogP contribution is -2.15. The number of nitrogens with one attached hydrogen (secondary N) is 2. The van der Waals surface area contributed by atoms with Crippen LogP contribution in [0.1, 0.15) is 11.1 Å². The number of rotatable bonds is 8. The molecule has 0 aliphatic heterocycles. The molecule has 0 saturated heterocycles. The van der Waals surface area contributed by atoms with Crippen molar-refractivity contribution in [2.45, 2.75) is 18.0 Å². The Hall–Kier alpha value is -2.27. The monoisotopic (exact) mass is 459 g/mol. The summed E-state index contributed by atoms with van der Waals surface area (Å²) < 4.78 is 60.7. The lowest BCUT2D eigenvalue weighted by atomic mass is 10.1. The Bertz CT molecular complexity index is 1110. The second-order valence-electron chi connectivity index (χ2n) is 5.91. The molecule has 0 saturated carbocycles. The molecular formula is C18H16ClF2N3O3S2. The highest BCUT2D eigenvalue weighted by Gasteiger charge is 2.22. The van der Waals surface area contributed by atoms with Gasteiger partial charge in [-0.1, -0.05) is 23.7 Å². The van der Waals surface area contributed by atoms with E-state index >= 15 is 0 Å². The van der Waals surface area contributed by atoms with Gasteiger partial charge in [0.15, 0.2) is 5.82 Å². The molecule has 2 N–H and O–H groups in total. The summed E-state index contributed by atoms with van der Waals surface area (Å²) in [6.07, 6.45) is 0. The molecular weight excluding hydrogens is 444 g/mol. The first-order valence-electron chi connectivity index (χ1n) is 8.21. The van der Waals surface area contributed by atoms with Gasteiger partial charge < -0.3 is 10.1 Å². The zero-order chi connectivity index (χ0) is 21.0. The first-order chi connectivity index (χ1) is 13.8. The molecule has 0 spiro atoms. The largest absolute Gasteiger partial charge is 0.380 e. The number of halogens is 3. The number of benzene rings is 2. The molecule has 0 unspecified atom stereocenters. The lowest BCUT2D eigenvalue weighted by molar-refractivity contribution is 0.184. The van der Waals surface area contributed by atoms with Crippen molar-refractivity contribution in [3.05, 3.63) is 69.0 Å². The highest BCUT2D eigenvalue weighted by atomic mass is 35.5. The van der Waals surface area contributed by atoms with Crippen molar-refractivity contribution in [2.75, 3.05) is 17.1 Å². The van der Waals surface area contributed by atoms with Gasteiger partial charge in [0.2, 0.25) is 0 Å². The van der Waals surface area contributed by atoms with Gasteiger partial charge in [0.1, 0.15) is 16.5 Å². The highest BCUT2D eigenvalue weighted by Crippen LogP contribution is 2.30. The molecule has 2 aromatic carbocycles. The third-order valence-electron chi connectivity index (χ3n) is 3.95. The van der Waals surface area contributed by atoms with E-state index in [-0.39, 0.29) is 29.7 Å².